The largest absolute Gasteiger partial charge is 0.355 e. The molecule has 0 aliphatic heterocycles. The second kappa shape index (κ2) is 4.55. The first-order valence-electron chi connectivity index (χ1n) is 3.20. The third-order valence-electron chi connectivity index (χ3n) is 1.00. The van der Waals surface area contributed by atoms with Gasteiger partial charge in [0, 0.05) is 6.42 Å². The number of hydrogen-bond acceptors (Lipinski definition) is 1. The van der Waals surface area contributed by atoms with Gasteiger partial charge in [0.25, 0.3) is 0 Å². The lowest BCUT2D eigenvalue weighted by Gasteiger charge is -2.13. The quantitative estimate of drug-likeness (QED) is 0.555. The van der Waals surface area contributed by atoms with Crippen LogP contribution >= 0.6 is 0 Å². The van der Waals surface area contributed by atoms with Gasteiger partial charge in [0.05, 0.1) is 13.3 Å². The Hall–Kier alpha value is -0.250. The standard InChI is InChI=1S/C6H11F3O/c1-2-6(8,9)10-5-3-4-7/h2-5H2,1H3. The first-order valence-corrected chi connectivity index (χ1v) is 3.20. The van der Waals surface area contributed by atoms with E-state index >= 15 is 0 Å². The van der Waals surface area contributed by atoms with E-state index in [0.29, 0.717) is 0 Å². The molecule has 0 aliphatic rings. The Morgan fingerprint density at radius 2 is 2.00 bits per heavy atom. The van der Waals surface area contributed by atoms with E-state index in [-0.39, 0.29) is 19.4 Å². The van der Waals surface area contributed by atoms with Crippen molar-refractivity contribution < 1.29 is 17.9 Å². The molecule has 0 heterocycles. The van der Waals surface area contributed by atoms with Crippen LogP contribution in [0.4, 0.5) is 13.2 Å². The van der Waals surface area contributed by atoms with E-state index in [1.807, 2.05) is 0 Å². The summed E-state index contributed by atoms with van der Waals surface area (Å²) >= 11 is 0. The molecule has 0 unspecified atom stereocenters. The van der Waals surface area contributed by atoms with Crippen LogP contribution in [0, 0.1) is 0 Å². The van der Waals surface area contributed by atoms with E-state index < -0.39 is 12.8 Å². The summed E-state index contributed by atoms with van der Waals surface area (Å²) in [6.07, 6.45) is -3.40. The van der Waals surface area contributed by atoms with Crippen molar-refractivity contribution in [2.45, 2.75) is 25.9 Å². The van der Waals surface area contributed by atoms with Crippen LogP contribution in [0.1, 0.15) is 19.8 Å². The van der Waals surface area contributed by atoms with Crippen molar-refractivity contribution in [3.05, 3.63) is 0 Å². The fourth-order valence-electron chi connectivity index (χ4n) is 0.378. The van der Waals surface area contributed by atoms with Gasteiger partial charge in [0.15, 0.2) is 0 Å². The predicted molar refractivity (Wildman–Crippen MR) is 31.8 cm³/mol. The first-order chi connectivity index (χ1) is 4.62. The minimum Gasteiger partial charge on any atom is -0.320 e. The number of halogens is 3. The fourth-order valence-corrected chi connectivity index (χ4v) is 0.378. The molecule has 0 radical (unpaired) electrons. The van der Waals surface area contributed by atoms with Gasteiger partial charge in [-0.15, -0.1) is 0 Å². The van der Waals surface area contributed by atoms with E-state index in [4.69, 9.17) is 0 Å². The zero-order chi connectivity index (χ0) is 8.04. The summed E-state index contributed by atoms with van der Waals surface area (Å²) in [6.45, 7) is 0.493. The van der Waals surface area contributed by atoms with Gasteiger partial charge >= 0.3 is 6.11 Å². The van der Waals surface area contributed by atoms with Gasteiger partial charge in [0.2, 0.25) is 0 Å². The molecule has 0 saturated heterocycles. The first kappa shape index (κ1) is 9.75. The average Bonchev–Trinajstić information content (AvgIpc) is 1.89. The SMILES string of the molecule is CCC(F)(F)OCCCF. The highest BCUT2D eigenvalue weighted by Gasteiger charge is 2.26. The van der Waals surface area contributed by atoms with Gasteiger partial charge in [0.1, 0.15) is 0 Å². The zero-order valence-electron chi connectivity index (χ0n) is 5.87. The number of ether oxygens (including phenoxy) is 1. The van der Waals surface area contributed by atoms with Crippen LogP contribution in [-0.4, -0.2) is 19.4 Å². The van der Waals surface area contributed by atoms with Crippen molar-refractivity contribution in [3.63, 3.8) is 0 Å². The monoisotopic (exact) mass is 156 g/mol. The van der Waals surface area contributed by atoms with Crippen molar-refractivity contribution in [2.24, 2.45) is 0 Å². The molecule has 0 amide bonds. The van der Waals surface area contributed by atoms with Crippen molar-refractivity contribution >= 4 is 0 Å². The van der Waals surface area contributed by atoms with Crippen molar-refractivity contribution in [2.75, 3.05) is 13.3 Å². The predicted octanol–water partition coefficient (Wildman–Crippen LogP) is 2.37. The summed E-state index contributed by atoms with van der Waals surface area (Å²) in [6, 6.07) is 0. The van der Waals surface area contributed by atoms with Crippen LogP contribution in [0.3, 0.4) is 0 Å². The molecule has 0 aliphatic carbocycles. The van der Waals surface area contributed by atoms with Crippen LogP contribution < -0.4 is 0 Å². The molecule has 0 aromatic carbocycles. The smallest absolute Gasteiger partial charge is 0.320 e. The maximum Gasteiger partial charge on any atom is 0.355 e. The Kier molecular flexibility index (Phi) is 4.43. The van der Waals surface area contributed by atoms with Gasteiger partial charge < -0.3 is 4.74 Å². The van der Waals surface area contributed by atoms with Gasteiger partial charge in [-0.1, -0.05) is 6.92 Å². The Morgan fingerprint density at radius 3 is 2.40 bits per heavy atom. The number of alkyl halides is 3. The second-order valence-electron chi connectivity index (χ2n) is 1.88. The lowest BCUT2D eigenvalue weighted by molar-refractivity contribution is -0.239. The minimum absolute atomic E-state index is 0.0373. The third-order valence-corrected chi connectivity index (χ3v) is 1.00. The van der Waals surface area contributed by atoms with Crippen molar-refractivity contribution in [3.8, 4) is 0 Å². The molecule has 62 valence electrons. The molecule has 0 atom stereocenters. The van der Waals surface area contributed by atoms with Crippen LogP contribution in [0.5, 0.6) is 0 Å². The summed E-state index contributed by atoms with van der Waals surface area (Å²) < 4.78 is 39.7. The Morgan fingerprint density at radius 1 is 1.40 bits per heavy atom. The molecule has 1 nitrogen and oxygen atoms in total. The van der Waals surface area contributed by atoms with Crippen molar-refractivity contribution in [1.82, 2.24) is 0 Å². The Labute approximate surface area is 58.2 Å². The van der Waals surface area contributed by atoms with E-state index in [9.17, 15) is 13.2 Å². The molecule has 0 spiro atoms. The van der Waals surface area contributed by atoms with Crippen LogP contribution in [0.2, 0.25) is 0 Å². The fraction of sp³-hybridized carbons (Fsp3) is 1.00. The zero-order valence-corrected chi connectivity index (χ0v) is 5.87. The summed E-state index contributed by atoms with van der Waals surface area (Å²) in [5, 5.41) is 0. The molecule has 0 saturated carbocycles. The highest BCUT2D eigenvalue weighted by Crippen LogP contribution is 2.18. The highest BCUT2D eigenvalue weighted by molar-refractivity contribution is 4.46. The second-order valence-corrected chi connectivity index (χ2v) is 1.88. The topological polar surface area (TPSA) is 9.23 Å². The third kappa shape index (κ3) is 4.61. The molecule has 10 heavy (non-hydrogen) atoms. The molecular weight excluding hydrogens is 145 g/mol. The maximum atomic E-state index is 12.1. The molecule has 0 aromatic rings. The summed E-state index contributed by atoms with van der Waals surface area (Å²) in [7, 11) is 0. The van der Waals surface area contributed by atoms with Gasteiger partial charge in [-0.2, -0.15) is 8.78 Å². The summed E-state index contributed by atoms with van der Waals surface area (Å²) in [5.41, 5.74) is 0. The van der Waals surface area contributed by atoms with E-state index in [2.05, 4.69) is 4.74 Å². The normalized spacial score (nSPS) is 12.0. The summed E-state index contributed by atoms with van der Waals surface area (Å²) in [4.78, 5) is 0. The summed E-state index contributed by atoms with van der Waals surface area (Å²) in [5.74, 6) is 0. The van der Waals surface area contributed by atoms with Crippen LogP contribution in [0.15, 0.2) is 0 Å². The van der Waals surface area contributed by atoms with Crippen molar-refractivity contribution in [1.29, 1.82) is 0 Å². The lowest BCUT2D eigenvalue weighted by atomic mass is 10.4. The average molecular weight is 156 g/mol. The van der Waals surface area contributed by atoms with Crippen LogP contribution in [0.25, 0.3) is 0 Å². The molecule has 0 aromatic heterocycles. The van der Waals surface area contributed by atoms with Crippen LogP contribution in [-0.2, 0) is 4.74 Å². The molecule has 4 heteroatoms. The van der Waals surface area contributed by atoms with E-state index in [1.165, 1.54) is 6.92 Å². The number of rotatable bonds is 5. The lowest BCUT2D eigenvalue weighted by Crippen LogP contribution is -2.20. The van der Waals surface area contributed by atoms with E-state index in [1.54, 1.807) is 0 Å². The Balaban J connectivity index is 3.28. The minimum atomic E-state index is -3.07. The molecule has 0 N–H and O–H groups in total. The van der Waals surface area contributed by atoms with Gasteiger partial charge in [-0.3, -0.25) is 4.39 Å². The molecular formula is C6H11F3O. The molecule has 0 rings (SSSR count). The molecule has 0 fully saturated rings. The Bertz CT molecular complexity index is 85.1. The maximum absolute atomic E-state index is 12.1. The van der Waals surface area contributed by atoms with Gasteiger partial charge in [-0.25, -0.2) is 0 Å². The van der Waals surface area contributed by atoms with E-state index in [0.717, 1.165) is 0 Å². The highest BCUT2D eigenvalue weighted by atomic mass is 19.3. The molecule has 0 bridgehead atoms. The van der Waals surface area contributed by atoms with Gasteiger partial charge in [-0.05, 0) is 6.42 Å². The number of hydrogen-bond donors (Lipinski definition) is 0.